The van der Waals surface area contributed by atoms with E-state index in [0.29, 0.717) is 0 Å². The van der Waals surface area contributed by atoms with Gasteiger partial charge in [0.1, 0.15) is 0 Å². The molecule has 0 saturated carbocycles. The van der Waals surface area contributed by atoms with Crippen molar-refractivity contribution in [1.29, 1.82) is 0 Å². The molecule has 0 N–H and O–H groups in total. The van der Waals surface area contributed by atoms with Crippen LogP contribution in [0.1, 0.15) is 0 Å². The van der Waals surface area contributed by atoms with Crippen LogP contribution < -0.4 is 0 Å². The smallest absolute Gasteiger partial charge is 0.0979 e. The highest BCUT2D eigenvalue weighted by molar-refractivity contribution is 6.26. The zero-order chi connectivity index (χ0) is 89.0. The molecule has 0 amide bonds. The molecule has 9 nitrogen and oxygen atoms in total. The fourth-order valence-corrected chi connectivity index (χ4v) is 20.8. The molecule has 0 bridgehead atoms. The van der Waals surface area contributed by atoms with Crippen molar-refractivity contribution in [1.82, 2.24) is 43.6 Å². The van der Waals surface area contributed by atoms with Gasteiger partial charge in [0.15, 0.2) is 0 Å². The first-order chi connectivity index (χ1) is 67.0. The number of hydrogen-bond donors (Lipinski definition) is 0. The summed E-state index contributed by atoms with van der Waals surface area (Å²) in [4.78, 5) is 30.7. The van der Waals surface area contributed by atoms with Gasteiger partial charge < -0.3 is 13.7 Å². The van der Waals surface area contributed by atoms with Crippen molar-refractivity contribution in [3.8, 4) is 95.3 Å². The fraction of sp³-hybridized carbons (Fsp3) is 0. The van der Waals surface area contributed by atoms with Gasteiger partial charge in [0.25, 0.3) is 0 Å². The molecule has 0 radical (unpaired) electrons. The largest absolute Gasteiger partial charge is 0.309 e. The molecular formula is C126H79N9. The van der Waals surface area contributed by atoms with E-state index < -0.39 is 0 Å². The van der Waals surface area contributed by atoms with E-state index in [4.69, 9.17) is 29.9 Å². The maximum Gasteiger partial charge on any atom is 0.0979 e. The summed E-state index contributed by atoms with van der Waals surface area (Å²) < 4.78 is 7.06. The Morgan fingerprint density at radius 3 is 0.763 bits per heavy atom. The summed E-state index contributed by atoms with van der Waals surface area (Å²) in [5.41, 5.74) is 31.5. The second-order valence-electron chi connectivity index (χ2n) is 34.7. The Balaban J connectivity index is 0.000000106. The predicted octanol–water partition coefficient (Wildman–Crippen LogP) is 32.8. The van der Waals surface area contributed by atoms with Gasteiger partial charge in [0.2, 0.25) is 0 Å². The average Bonchev–Trinajstić information content (AvgIpc) is 1.07. The first kappa shape index (κ1) is 77.9. The summed E-state index contributed by atoms with van der Waals surface area (Å²) >= 11 is 0. The van der Waals surface area contributed by atoms with Crippen LogP contribution in [0.3, 0.4) is 0 Å². The molecule has 0 fully saturated rings. The normalized spacial score (nSPS) is 11.7. The van der Waals surface area contributed by atoms with E-state index in [9.17, 15) is 0 Å². The maximum atomic E-state index is 5.30. The molecule has 0 aliphatic rings. The van der Waals surface area contributed by atoms with E-state index in [2.05, 4.69) is 475 Å². The highest BCUT2D eigenvalue weighted by Gasteiger charge is 2.23. The maximum absolute atomic E-state index is 5.30. The van der Waals surface area contributed by atoms with E-state index >= 15 is 0 Å². The van der Waals surface area contributed by atoms with Gasteiger partial charge in [-0.05, 0) is 180 Å². The Morgan fingerprint density at radius 2 is 0.378 bits per heavy atom. The zero-order valence-electron chi connectivity index (χ0n) is 73.1. The molecular weight excluding hydrogens is 1640 g/mol. The van der Waals surface area contributed by atoms with Gasteiger partial charge in [-0.3, -0.25) is 15.0 Å². The number of aromatic nitrogens is 9. The molecule has 0 atom stereocenters. The Kier molecular flexibility index (Phi) is 18.7. The predicted molar refractivity (Wildman–Crippen MR) is 565 cm³/mol. The molecule has 0 saturated heterocycles. The third kappa shape index (κ3) is 13.3. The van der Waals surface area contributed by atoms with Gasteiger partial charge in [-0.1, -0.05) is 358 Å². The van der Waals surface area contributed by atoms with Crippen molar-refractivity contribution in [3.63, 3.8) is 0 Å². The quantitative estimate of drug-likeness (QED) is 0.127. The molecule has 22 aromatic carbocycles. The van der Waals surface area contributed by atoms with Gasteiger partial charge in [0, 0.05) is 98.4 Å². The Labute approximate surface area is 776 Å². The van der Waals surface area contributed by atoms with E-state index in [1.54, 1.807) is 0 Å². The van der Waals surface area contributed by atoms with Crippen LogP contribution in [0.15, 0.2) is 480 Å². The van der Waals surface area contributed by atoms with Crippen LogP contribution in [-0.2, 0) is 0 Å². The van der Waals surface area contributed by atoms with Crippen LogP contribution in [-0.4, -0.2) is 43.6 Å². The summed E-state index contributed by atoms with van der Waals surface area (Å²) in [6.07, 6.45) is 5.76. The second kappa shape index (κ2) is 32.5. The number of fused-ring (bicyclic) bond motifs is 27. The minimum absolute atomic E-state index is 0.871. The minimum atomic E-state index is 0.871. The van der Waals surface area contributed by atoms with Crippen LogP contribution >= 0.6 is 0 Å². The minimum Gasteiger partial charge on any atom is -0.309 e. The topological polar surface area (TPSA) is 92.1 Å². The average molecular weight is 1720 g/mol. The molecule has 0 spiro atoms. The summed E-state index contributed by atoms with van der Waals surface area (Å²) in [6, 6.07) is 164. The van der Waals surface area contributed by atoms with Gasteiger partial charge in [0.05, 0.1) is 102 Å². The van der Waals surface area contributed by atoms with E-state index in [1.165, 1.54) is 131 Å². The van der Waals surface area contributed by atoms with E-state index in [-0.39, 0.29) is 0 Å². The van der Waals surface area contributed by atoms with Crippen LogP contribution in [0, 0.1) is 0 Å². The summed E-state index contributed by atoms with van der Waals surface area (Å²) in [6.45, 7) is 0. The van der Waals surface area contributed by atoms with Crippen molar-refractivity contribution >= 4 is 163 Å². The van der Waals surface area contributed by atoms with Gasteiger partial charge in [-0.25, -0.2) is 15.0 Å². The first-order valence-corrected chi connectivity index (χ1v) is 45.8. The van der Waals surface area contributed by atoms with E-state index in [0.717, 1.165) is 127 Å². The number of para-hydroxylation sites is 6. The molecule has 28 aromatic rings. The second-order valence-corrected chi connectivity index (χ2v) is 34.7. The Hall–Kier alpha value is -18.2. The summed E-state index contributed by atoms with van der Waals surface area (Å²) in [5.74, 6) is 0. The van der Waals surface area contributed by atoms with Gasteiger partial charge >= 0.3 is 0 Å². The molecule has 0 unspecified atom stereocenters. The van der Waals surface area contributed by atoms with Crippen LogP contribution in [0.4, 0.5) is 0 Å². The summed E-state index contributed by atoms with van der Waals surface area (Å²) in [7, 11) is 0. The van der Waals surface area contributed by atoms with Crippen LogP contribution in [0.5, 0.6) is 0 Å². The lowest BCUT2D eigenvalue weighted by Gasteiger charge is -2.13. The lowest BCUT2D eigenvalue weighted by atomic mass is 9.95. The molecule has 28 rings (SSSR count). The third-order valence-electron chi connectivity index (χ3n) is 27.1. The number of nitrogens with zero attached hydrogens (tertiary/aromatic N) is 9. The zero-order valence-corrected chi connectivity index (χ0v) is 73.1. The summed E-state index contributed by atoms with van der Waals surface area (Å²) in [5, 5.41) is 21.5. The number of rotatable bonds is 10. The van der Waals surface area contributed by atoms with Crippen LogP contribution in [0.25, 0.3) is 258 Å². The highest BCUT2D eigenvalue weighted by Crippen LogP contribution is 2.45. The number of hydrogen-bond acceptors (Lipinski definition) is 6. The lowest BCUT2D eigenvalue weighted by molar-refractivity contribution is 1.18. The molecule has 0 aliphatic heterocycles. The van der Waals surface area contributed by atoms with Gasteiger partial charge in [-0.15, -0.1) is 0 Å². The molecule has 9 heteroatoms. The third-order valence-corrected chi connectivity index (χ3v) is 27.1. The molecule has 6 aromatic heterocycles. The molecule has 6 heterocycles. The van der Waals surface area contributed by atoms with E-state index in [1.807, 2.05) is 18.6 Å². The molecule has 135 heavy (non-hydrogen) atoms. The molecule has 0 aliphatic carbocycles. The van der Waals surface area contributed by atoms with Gasteiger partial charge in [-0.2, -0.15) is 0 Å². The Morgan fingerprint density at radius 1 is 0.133 bits per heavy atom. The van der Waals surface area contributed by atoms with Crippen molar-refractivity contribution < 1.29 is 0 Å². The number of benzene rings is 22. The van der Waals surface area contributed by atoms with Crippen LogP contribution in [0.2, 0.25) is 0 Å². The standard InChI is InChI=1S/C46H29N3.2C40H25N3/c1-2-13-35(14-3-1)49-43-20-9-8-17-38(43)41-28-34(25-26-44(41)49)33-12-10-11-32(27-33)30-21-23-31(24-22-30)42-29-47-45-39-18-6-4-15-36(39)37-16-5-7-19-40(37)46(45)48-42;1-2-12-27(13-3-1)43-37-21-11-10-18-32(37)35-24-26(22-23-38(35)43)28-14-4-7-17-31(28)36-25-41-39-33-19-8-5-15-29(33)30-16-6-9-20-34(30)40(39)42-36;1-2-13-29(14-3-1)43-37-20-9-8-17-32(37)35-24-27(21-22-38(35)43)26-11-10-12-28(23-26)36-25-41-39-33-18-6-4-15-30(33)31-16-5-7-19-34(31)40(39)42-36/h1-29H;2*1-25H. The fourth-order valence-electron chi connectivity index (χ4n) is 20.8. The highest BCUT2D eigenvalue weighted by atomic mass is 15.0. The van der Waals surface area contributed by atoms with Crippen molar-refractivity contribution in [3.05, 3.63) is 480 Å². The lowest BCUT2D eigenvalue weighted by Crippen LogP contribution is -1.94. The Bertz CT molecular complexity index is 9530. The first-order valence-electron chi connectivity index (χ1n) is 45.8. The van der Waals surface area contributed by atoms with Crippen molar-refractivity contribution in [2.24, 2.45) is 0 Å². The van der Waals surface area contributed by atoms with Crippen molar-refractivity contribution in [2.45, 2.75) is 0 Å². The van der Waals surface area contributed by atoms with Crippen molar-refractivity contribution in [2.75, 3.05) is 0 Å². The molecule has 628 valence electrons. The monoisotopic (exact) mass is 1720 g/mol. The SMILES string of the molecule is c1ccc(-n2c3ccccc3c3cc(-c4cccc(-c5ccc(-c6cnc7c8ccccc8c8ccccc8c7n6)cc5)c4)ccc32)cc1.c1ccc(-n2c3ccccc3c3cc(-c4cccc(-c5cnc6c7ccccc7c7ccccc7c6n5)c4)ccc32)cc1.c1ccc(-n2c3ccccc3c3cc(-c4ccccc4-c4cnc5c6ccccc6c6ccccc6c5n4)ccc32)cc1.